The van der Waals surface area contributed by atoms with E-state index in [1.54, 1.807) is 12.1 Å². The Morgan fingerprint density at radius 1 is 1.50 bits per heavy atom. The van der Waals surface area contributed by atoms with Crippen molar-refractivity contribution in [3.05, 3.63) is 34.1 Å². The van der Waals surface area contributed by atoms with E-state index in [0.717, 1.165) is 0 Å². The molecule has 0 aromatic heterocycles. The number of nitrogens with zero attached hydrogens (tertiary/aromatic N) is 1. The van der Waals surface area contributed by atoms with E-state index >= 15 is 0 Å². The van der Waals surface area contributed by atoms with Crippen LogP contribution in [0, 0.1) is 11.7 Å². The Labute approximate surface area is 103 Å². The van der Waals surface area contributed by atoms with Crippen LogP contribution < -0.4 is 0 Å². The van der Waals surface area contributed by atoms with Gasteiger partial charge in [0.25, 0.3) is 0 Å². The first-order chi connectivity index (χ1) is 7.59. The lowest BCUT2D eigenvalue weighted by molar-refractivity contribution is 0.291. The second-order valence-electron chi connectivity index (χ2n) is 4.16. The maximum Gasteiger partial charge on any atom is 0.217 e. The van der Waals surface area contributed by atoms with Crippen LogP contribution in [0.25, 0.3) is 0 Å². The standard InChI is InChI=1S/C12H13BrFNO/c1-7(2)10-6-16-12(15-10)8-4-3-5-9(14)11(8)13/h3-5,7,10H,6H2,1-2H3/t10-/m1/s1. The van der Waals surface area contributed by atoms with Gasteiger partial charge in [-0.1, -0.05) is 19.9 Å². The first-order valence-electron chi connectivity index (χ1n) is 5.24. The van der Waals surface area contributed by atoms with Crippen LogP contribution in [-0.4, -0.2) is 18.5 Å². The van der Waals surface area contributed by atoms with Crippen LogP contribution in [0.5, 0.6) is 0 Å². The van der Waals surface area contributed by atoms with E-state index < -0.39 is 0 Å². The molecule has 0 N–H and O–H groups in total. The summed E-state index contributed by atoms with van der Waals surface area (Å²) < 4.78 is 19.2. The second-order valence-corrected chi connectivity index (χ2v) is 4.95. The first-order valence-corrected chi connectivity index (χ1v) is 6.04. The van der Waals surface area contributed by atoms with Crippen molar-refractivity contribution in [3.63, 3.8) is 0 Å². The van der Waals surface area contributed by atoms with Gasteiger partial charge in [-0.3, -0.25) is 0 Å². The topological polar surface area (TPSA) is 21.6 Å². The summed E-state index contributed by atoms with van der Waals surface area (Å²) in [7, 11) is 0. The largest absolute Gasteiger partial charge is 0.475 e. The normalized spacial score (nSPS) is 19.8. The third-order valence-electron chi connectivity index (χ3n) is 2.63. The maximum atomic E-state index is 13.3. The van der Waals surface area contributed by atoms with Crippen molar-refractivity contribution < 1.29 is 9.13 Å². The molecule has 0 fully saturated rings. The molecule has 2 nitrogen and oxygen atoms in total. The molecular weight excluding hydrogens is 273 g/mol. The third kappa shape index (κ3) is 2.12. The van der Waals surface area contributed by atoms with E-state index in [0.29, 0.717) is 28.5 Å². The molecule has 0 bridgehead atoms. The molecule has 0 aliphatic carbocycles. The second kappa shape index (κ2) is 4.53. The Bertz CT molecular complexity index is 431. The third-order valence-corrected chi connectivity index (χ3v) is 3.43. The zero-order chi connectivity index (χ0) is 11.7. The molecule has 1 heterocycles. The van der Waals surface area contributed by atoms with Crippen molar-refractivity contribution in [1.82, 2.24) is 0 Å². The summed E-state index contributed by atoms with van der Waals surface area (Å²) in [6.45, 7) is 4.78. The first kappa shape index (κ1) is 11.6. The Morgan fingerprint density at radius 3 is 2.88 bits per heavy atom. The monoisotopic (exact) mass is 285 g/mol. The molecule has 0 saturated heterocycles. The highest BCUT2D eigenvalue weighted by atomic mass is 79.9. The quantitative estimate of drug-likeness (QED) is 0.816. The van der Waals surface area contributed by atoms with Crippen LogP contribution in [0.15, 0.2) is 27.7 Å². The molecule has 16 heavy (non-hydrogen) atoms. The molecule has 4 heteroatoms. The molecule has 0 saturated carbocycles. The van der Waals surface area contributed by atoms with Gasteiger partial charge >= 0.3 is 0 Å². The van der Waals surface area contributed by atoms with E-state index in [1.807, 2.05) is 0 Å². The summed E-state index contributed by atoms with van der Waals surface area (Å²) in [6.07, 6.45) is 0. The van der Waals surface area contributed by atoms with Gasteiger partial charge in [0, 0.05) is 0 Å². The Balaban J connectivity index is 2.32. The number of ether oxygens (including phenoxy) is 1. The Morgan fingerprint density at radius 2 is 2.25 bits per heavy atom. The van der Waals surface area contributed by atoms with E-state index in [9.17, 15) is 4.39 Å². The Kier molecular flexibility index (Phi) is 3.28. The minimum atomic E-state index is -0.295. The molecule has 0 unspecified atom stereocenters. The van der Waals surface area contributed by atoms with Gasteiger partial charge in [0.2, 0.25) is 5.90 Å². The molecule has 1 aliphatic heterocycles. The fourth-order valence-electron chi connectivity index (χ4n) is 1.55. The highest BCUT2D eigenvalue weighted by molar-refractivity contribution is 9.10. The fraction of sp³-hybridized carbons (Fsp3) is 0.417. The molecule has 1 aromatic carbocycles. The number of hydrogen-bond acceptors (Lipinski definition) is 2. The van der Waals surface area contributed by atoms with Crippen LogP contribution in [0.4, 0.5) is 4.39 Å². The lowest BCUT2D eigenvalue weighted by Crippen LogP contribution is -2.13. The van der Waals surface area contributed by atoms with Gasteiger partial charge in [-0.05, 0) is 34.0 Å². The summed E-state index contributed by atoms with van der Waals surface area (Å²) in [5, 5.41) is 0. The van der Waals surface area contributed by atoms with Crippen LogP contribution >= 0.6 is 15.9 Å². The molecule has 86 valence electrons. The molecule has 0 radical (unpaired) electrons. The number of halogens is 2. The van der Waals surface area contributed by atoms with Crippen LogP contribution in [0.2, 0.25) is 0 Å². The maximum absolute atomic E-state index is 13.3. The lowest BCUT2D eigenvalue weighted by Gasteiger charge is -2.06. The smallest absolute Gasteiger partial charge is 0.217 e. The fourth-order valence-corrected chi connectivity index (χ4v) is 1.98. The van der Waals surface area contributed by atoms with Crippen LogP contribution in [-0.2, 0) is 4.74 Å². The summed E-state index contributed by atoms with van der Waals surface area (Å²) in [4.78, 5) is 4.46. The number of hydrogen-bond donors (Lipinski definition) is 0. The highest BCUT2D eigenvalue weighted by Gasteiger charge is 2.24. The molecule has 1 atom stereocenters. The van der Waals surface area contributed by atoms with E-state index in [2.05, 4.69) is 34.8 Å². The highest BCUT2D eigenvalue weighted by Crippen LogP contribution is 2.25. The predicted molar refractivity (Wildman–Crippen MR) is 65.2 cm³/mol. The molecule has 0 amide bonds. The van der Waals surface area contributed by atoms with E-state index in [1.165, 1.54) is 6.07 Å². The molecule has 0 spiro atoms. The molecule has 1 aliphatic rings. The summed E-state index contributed by atoms with van der Waals surface area (Å²) in [5.41, 5.74) is 0.683. The van der Waals surface area contributed by atoms with E-state index in [4.69, 9.17) is 4.74 Å². The van der Waals surface area contributed by atoms with Gasteiger partial charge < -0.3 is 4.74 Å². The average Bonchev–Trinajstić information content (AvgIpc) is 2.71. The zero-order valence-corrected chi connectivity index (χ0v) is 10.8. The van der Waals surface area contributed by atoms with Crippen LogP contribution in [0.3, 0.4) is 0 Å². The minimum absolute atomic E-state index is 0.171. The van der Waals surface area contributed by atoms with E-state index in [-0.39, 0.29) is 11.9 Å². The molecule has 1 aromatic rings. The van der Waals surface area contributed by atoms with Crippen LogP contribution in [0.1, 0.15) is 19.4 Å². The van der Waals surface area contributed by atoms with Crippen molar-refractivity contribution in [2.24, 2.45) is 10.9 Å². The summed E-state index contributed by atoms with van der Waals surface area (Å²) in [5.74, 6) is 0.673. The molecule has 2 rings (SSSR count). The Hall–Kier alpha value is -0.900. The lowest BCUT2D eigenvalue weighted by atomic mass is 10.1. The summed E-state index contributed by atoms with van der Waals surface area (Å²) >= 11 is 3.21. The number of benzene rings is 1. The van der Waals surface area contributed by atoms with Gasteiger partial charge in [-0.25, -0.2) is 9.38 Å². The van der Waals surface area contributed by atoms with Gasteiger partial charge in [0.15, 0.2) is 0 Å². The van der Waals surface area contributed by atoms with Crippen molar-refractivity contribution >= 4 is 21.8 Å². The van der Waals surface area contributed by atoms with Gasteiger partial charge in [0.1, 0.15) is 12.4 Å². The average molecular weight is 286 g/mol. The zero-order valence-electron chi connectivity index (χ0n) is 9.21. The van der Waals surface area contributed by atoms with Crippen molar-refractivity contribution in [1.29, 1.82) is 0 Å². The number of aliphatic imine (C=N–C) groups is 1. The minimum Gasteiger partial charge on any atom is -0.475 e. The molecular formula is C12H13BrFNO. The van der Waals surface area contributed by atoms with Gasteiger partial charge in [0.05, 0.1) is 16.1 Å². The van der Waals surface area contributed by atoms with Crippen molar-refractivity contribution in [2.45, 2.75) is 19.9 Å². The van der Waals surface area contributed by atoms with Crippen molar-refractivity contribution in [2.75, 3.05) is 6.61 Å². The van der Waals surface area contributed by atoms with Gasteiger partial charge in [-0.15, -0.1) is 0 Å². The summed E-state index contributed by atoms with van der Waals surface area (Å²) in [6, 6.07) is 5.03. The predicted octanol–water partition coefficient (Wildman–Crippen LogP) is 3.39. The SMILES string of the molecule is CC(C)[C@H]1COC(c2cccc(F)c2Br)=N1. The van der Waals surface area contributed by atoms with Crippen molar-refractivity contribution in [3.8, 4) is 0 Å². The number of rotatable bonds is 2. The van der Waals surface area contributed by atoms with Gasteiger partial charge in [-0.2, -0.15) is 0 Å².